The number of carbonyl (C=O) groups is 2. The summed E-state index contributed by atoms with van der Waals surface area (Å²) in [5.74, 6) is -1.89. The number of furan rings is 1. The minimum absolute atomic E-state index is 0.172. The molecule has 1 rings (SSSR count). The van der Waals surface area contributed by atoms with Gasteiger partial charge in [-0.1, -0.05) is 0 Å². The van der Waals surface area contributed by atoms with Gasteiger partial charge in [-0.15, -0.1) is 0 Å². The Bertz CT molecular complexity index is 442. The fourth-order valence-electron chi connectivity index (χ4n) is 1.52. The Morgan fingerprint density at radius 2 is 1.85 bits per heavy atom. The molecule has 0 spiro atoms. The summed E-state index contributed by atoms with van der Waals surface area (Å²) >= 11 is 0. The van der Waals surface area contributed by atoms with Gasteiger partial charge in [-0.3, -0.25) is 9.59 Å². The molecular weight excluding hydrogens is 264 g/mol. The Kier molecular flexibility index (Phi) is 6.36. The summed E-state index contributed by atoms with van der Waals surface area (Å²) in [6, 6.07) is 3.33. The summed E-state index contributed by atoms with van der Waals surface area (Å²) in [5, 5.41) is 0. The minimum atomic E-state index is -1.19. The highest BCUT2D eigenvalue weighted by atomic mass is 16.6. The van der Waals surface area contributed by atoms with Gasteiger partial charge in [0.15, 0.2) is 17.4 Å². The van der Waals surface area contributed by atoms with Crippen LogP contribution in [0.3, 0.4) is 0 Å². The number of hydrogen-bond donors (Lipinski definition) is 0. The number of rotatable bonds is 7. The first kappa shape index (κ1) is 15.8. The Morgan fingerprint density at radius 3 is 2.25 bits per heavy atom. The maximum Gasteiger partial charge on any atom is 0.324 e. The van der Waals surface area contributed by atoms with Crippen LogP contribution in [0.25, 0.3) is 5.76 Å². The third-order valence-electron chi connectivity index (χ3n) is 2.38. The van der Waals surface area contributed by atoms with Crippen LogP contribution in [0.1, 0.15) is 19.6 Å². The highest BCUT2D eigenvalue weighted by Gasteiger charge is 2.29. The van der Waals surface area contributed by atoms with E-state index in [1.165, 1.54) is 19.4 Å². The van der Waals surface area contributed by atoms with E-state index in [4.69, 9.17) is 18.6 Å². The van der Waals surface area contributed by atoms with Crippen molar-refractivity contribution in [2.75, 3.05) is 20.3 Å². The van der Waals surface area contributed by atoms with E-state index >= 15 is 0 Å². The topological polar surface area (TPSA) is 75.0 Å². The summed E-state index contributed by atoms with van der Waals surface area (Å²) < 4.78 is 20.0. The number of carbonyl (C=O) groups excluding carboxylic acids is 2. The van der Waals surface area contributed by atoms with Crippen molar-refractivity contribution in [3.05, 3.63) is 30.2 Å². The summed E-state index contributed by atoms with van der Waals surface area (Å²) in [4.78, 5) is 23.7. The largest absolute Gasteiger partial charge is 0.493 e. The highest BCUT2D eigenvalue weighted by Crippen LogP contribution is 2.19. The van der Waals surface area contributed by atoms with Crippen LogP contribution >= 0.6 is 0 Å². The average molecular weight is 282 g/mol. The highest BCUT2D eigenvalue weighted by molar-refractivity contribution is 5.98. The SMILES string of the molecule is CCOC(=O)C(C=C(OC)c1ccco1)C(=O)OCC. The van der Waals surface area contributed by atoms with Gasteiger partial charge in [-0.05, 0) is 32.1 Å². The zero-order chi connectivity index (χ0) is 15.0. The van der Waals surface area contributed by atoms with Gasteiger partial charge in [0, 0.05) is 0 Å². The van der Waals surface area contributed by atoms with E-state index in [0.717, 1.165) is 0 Å². The molecule has 20 heavy (non-hydrogen) atoms. The minimum Gasteiger partial charge on any atom is -0.493 e. The summed E-state index contributed by atoms with van der Waals surface area (Å²) in [6.07, 6.45) is 2.79. The summed E-state index contributed by atoms with van der Waals surface area (Å²) in [6.45, 7) is 3.67. The lowest BCUT2D eigenvalue weighted by atomic mass is 10.1. The maximum atomic E-state index is 11.8. The van der Waals surface area contributed by atoms with Crippen molar-refractivity contribution in [2.45, 2.75) is 13.8 Å². The van der Waals surface area contributed by atoms with E-state index in [1.54, 1.807) is 26.0 Å². The second-order valence-electron chi connectivity index (χ2n) is 3.69. The fourth-order valence-corrected chi connectivity index (χ4v) is 1.52. The Hall–Kier alpha value is -2.24. The van der Waals surface area contributed by atoms with Gasteiger partial charge >= 0.3 is 11.9 Å². The molecule has 0 atom stereocenters. The molecule has 0 aromatic carbocycles. The van der Waals surface area contributed by atoms with Crippen molar-refractivity contribution >= 4 is 17.7 Å². The molecule has 110 valence electrons. The molecule has 0 aliphatic carbocycles. The molecule has 0 aliphatic rings. The van der Waals surface area contributed by atoms with Crippen molar-refractivity contribution in [1.29, 1.82) is 0 Å². The van der Waals surface area contributed by atoms with Crippen LogP contribution in [0.4, 0.5) is 0 Å². The van der Waals surface area contributed by atoms with E-state index in [0.29, 0.717) is 5.76 Å². The number of ether oxygens (including phenoxy) is 3. The van der Waals surface area contributed by atoms with Gasteiger partial charge < -0.3 is 18.6 Å². The molecule has 0 saturated carbocycles. The van der Waals surface area contributed by atoms with Crippen LogP contribution in [0.15, 0.2) is 28.9 Å². The standard InChI is InChI=1S/C14H18O6/c1-4-18-13(15)10(14(16)19-5-2)9-12(17-3)11-7-6-8-20-11/h6-10H,4-5H2,1-3H3. The molecule has 0 radical (unpaired) electrons. The first-order valence-corrected chi connectivity index (χ1v) is 6.26. The number of hydrogen-bond acceptors (Lipinski definition) is 6. The zero-order valence-electron chi connectivity index (χ0n) is 11.8. The lowest BCUT2D eigenvalue weighted by Crippen LogP contribution is -2.26. The van der Waals surface area contributed by atoms with Crippen LogP contribution in [0, 0.1) is 5.92 Å². The second kappa shape index (κ2) is 8.04. The molecule has 1 aromatic rings. The van der Waals surface area contributed by atoms with E-state index in [1.807, 2.05) is 0 Å². The molecule has 0 aliphatic heterocycles. The second-order valence-corrected chi connectivity index (χ2v) is 3.69. The van der Waals surface area contributed by atoms with Crippen molar-refractivity contribution in [2.24, 2.45) is 5.92 Å². The molecule has 6 heteroatoms. The summed E-state index contributed by atoms with van der Waals surface area (Å²) in [5.41, 5.74) is 0. The first-order chi connectivity index (χ1) is 9.63. The van der Waals surface area contributed by atoms with E-state index in [-0.39, 0.29) is 19.0 Å². The van der Waals surface area contributed by atoms with E-state index in [9.17, 15) is 9.59 Å². The monoisotopic (exact) mass is 282 g/mol. The first-order valence-electron chi connectivity index (χ1n) is 6.26. The molecule has 0 saturated heterocycles. The van der Waals surface area contributed by atoms with E-state index < -0.39 is 17.9 Å². The van der Waals surface area contributed by atoms with Gasteiger partial charge in [0.1, 0.15) is 0 Å². The third-order valence-corrected chi connectivity index (χ3v) is 2.38. The lowest BCUT2D eigenvalue weighted by molar-refractivity contribution is -0.158. The Morgan fingerprint density at radius 1 is 1.25 bits per heavy atom. The lowest BCUT2D eigenvalue weighted by Gasteiger charge is -2.12. The molecule has 0 amide bonds. The predicted molar refractivity (Wildman–Crippen MR) is 70.5 cm³/mol. The van der Waals surface area contributed by atoms with Crippen molar-refractivity contribution in [3.8, 4) is 0 Å². The van der Waals surface area contributed by atoms with Crippen molar-refractivity contribution in [1.82, 2.24) is 0 Å². The summed E-state index contributed by atoms with van der Waals surface area (Å²) in [7, 11) is 1.42. The molecule has 0 N–H and O–H groups in total. The molecular formula is C14H18O6. The predicted octanol–water partition coefficient (Wildman–Crippen LogP) is 2.01. The van der Waals surface area contributed by atoms with Crippen molar-refractivity contribution in [3.63, 3.8) is 0 Å². The van der Waals surface area contributed by atoms with Gasteiger partial charge in [-0.25, -0.2) is 0 Å². The third kappa shape index (κ3) is 4.15. The normalized spacial score (nSPS) is 11.3. The van der Waals surface area contributed by atoms with Crippen LogP contribution < -0.4 is 0 Å². The zero-order valence-corrected chi connectivity index (χ0v) is 11.8. The average Bonchev–Trinajstić information content (AvgIpc) is 2.94. The van der Waals surface area contributed by atoms with Crippen LogP contribution in [-0.4, -0.2) is 32.3 Å². The van der Waals surface area contributed by atoms with E-state index in [2.05, 4.69) is 0 Å². The van der Waals surface area contributed by atoms with Crippen molar-refractivity contribution < 1.29 is 28.2 Å². The fraction of sp³-hybridized carbons (Fsp3) is 0.429. The molecule has 0 fully saturated rings. The molecule has 6 nitrogen and oxygen atoms in total. The molecule has 0 bridgehead atoms. The molecule has 0 unspecified atom stereocenters. The van der Waals surface area contributed by atoms with Gasteiger partial charge in [0.25, 0.3) is 0 Å². The van der Waals surface area contributed by atoms with Crippen LogP contribution in [0.5, 0.6) is 0 Å². The number of esters is 2. The van der Waals surface area contributed by atoms with Crippen LogP contribution in [-0.2, 0) is 23.8 Å². The maximum absolute atomic E-state index is 11.8. The molecule has 1 heterocycles. The van der Waals surface area contributed by atoms with Gasteiger partial charge in [0.2, 0.25) is 0 Å². The Balaban J connectivity index is 3.02. The smallest absolute Gasteiger partial charge is 0.324 e. The van der Waals surface area contributed by atoms with Crippen LogP contribution in [0.2, 0.25) is 0 Å². The molecule has 1 aromatic heterocycles. The quantitative estimate of drug-likeness (QED) is 0.432. The van der Waals surface area contributed by atoms with Gasteiger partial charge in [-0.2, -0.15) is 0 Å². The van der Waals surface area contributed by atoms with Gasteiger partial charge in [0.05, 0.1) is 26.6 Å². The number of methoxy groups -OCH3 is 1. The Labute approximate surface area is 117 Å².